The summed E-state index contributed by atoms with van der Waals surface area (Å²) in [6, 6.07) is 14.5. The summed E-state index contributed by atoms with van der Waals surface area (Å²) in [4.78, 5) is 32.3. The standard InChI is InChI=1S/C23H20FN3O2S/c1-3-18(21(28)26-17-7-5-4-6-8-17)27-13-25-22-20(23(27)29)19(14(2)30-22)15-9-11-16(24)12-10-15/h4-13,18H,3H2,1-2H3,(H,26,28). The third kappa shape index (κ3) is 3.64. The third-order valence-corrected chi connectivity index (χ3v) is 6.03. The molecule has 0 bridgehead atoms. The fourth-order valence-corrected chi connectivity index (χ4v) is 4.56. The van der Waals surface area contributed by atoms with Crippen LogP contribution in [0.5, 0.6) is 0 Å². The Bertz CT molecular complexity index is 1260. The molecule has 4 aromatic rings. The lowest BCUT2D eigenvalue weighted by molar-refractivity contribution is -0.119. The first-order valence-corrected chi connectivity index (χ1v) is 10.4. The van der Waals surface area contributed by atoms with Gasteiger partial charge < -0.3 is 5.32 Å². The Morgan fingerprint density at radius 1 is 1.17 bits per heavy atom. The summed E-state index contributed by atoms with van der Waals surface area (Å²) in [5, 5.41) is 3.32. The van der Waals surface area contributed by atoms with Crippen molar-refractivity contribution in [3.63, 3.8) is 0 Å². The number of hydrogen-bond donors (Lipinski definition) is 1. The van der Waals surface area contributed by atoms with Crippen molar-refractivity contribution in [1.82, 2.24) is 9.55 Å². The minimum Gasteiger partial charge on any atom is -0.324 e. The highest BCUT2D eigenvalue weighted by atomic mass is 32.1. The van der Waals surface area contributed by atoms with Crippen LogP contribution in [0, 0.1) is 12.7 Å². The van der Waals surface area contributed by atoms with Crippen LogP contribution in [0.15, 0.2) is 65.7 Å². The normalized spacial score (nSPS) is 12.1. The molecule has 30 heavy (non-hydrogen) atoms. The second kappa shape index (κ2) is 8.20. The lowest BCUT2D eigenvalue weighted by Crippen LogP contribution is -2.33. The van der Waals surface area contributed by atoms with E-state index in [9.17, 15) is 14.0 Å². The molecule has 2 heterocycles. The number of amides is 1. The Balaban J connectivity index is 1.80. The van der Waals surface area contributed by atoms with Crippen molar-refractivity contribution in [3.8, 4) is 11.1 Å². The maximum atomic E-state index is 13.4. The molecule has 5 nitrogen and oxygen atoms in total. The SMILES string of the molecule is CCC(C(=O)Nc1ccccc1)n1cnc2sc(C)c(-c3ccc(F)cc3)c2c1=O. The summed E-state index contributed by atoms with van der Waals surface area (Å²) in [5.41, 5.74) is 1.87. The zero-order valence-electron chi connectivity index (χ0n) is 16.6. The van der Waals surface area contributed by atoms with Crippen molar-refractivity contribution in [2.45, 2.75) is 26.3 Å². The number of halogens is 1. The number of nitrogens with zero attached hydrogens (tertiary/aromatic N) is 2. The Morgan fingerprint density at radius 3 is 2.53 bits per heavy atom. The number of benzene rings is 2. The zero-order chi connectivity index (χ0) is 21.3. The van der Waals surface area contributed by atoms with Crippen LogP contribution in [-0.2, 0) is 4.79 Å². The molecular weight excluding hydrogens is 401 g/mol. The predicted octanol–water partition coefficient (Wildman–Crippen LogP) is 5.16. The van der Waals surface area contributed by atoms with Crippen LogP contribution >= 0.6 is 11.3 Å². The van der Waals surface area contributed by atoms with Gasteiger partial charge in [0, 0.05) is 16.1 Å². The van der Waals surface area contributed by atoms with Gasteiger partial charge in [0.1, 0.15) is 16.7 Å². The molecule has 0 radical (unpaired) electrons. The molecule has 0 saturated carbocycles. The maximum absolute atomic E-state index is 13.4. The highest BCUT2D eigenvalue weighted by molar-refractivity contribution is 7.19. The molecular formula is C23H20FN3O2S. The van der Waals surface area contributed by atoms with Gasteiger partial charge in [-0.3, -0.25) is 14.2 Å². The van der Waals surface area contributed by atoms with E-state index in [0.717, 1.165) is 16.0 Å². The van der Waals surface area contributed by atoms with Crippen molar-refractivity contribution in [2.24, 2.45) is 0 Å². The number of hydrogen-bond acceptors (Lipinski definition) is 4. The molecule has 0 aliphatic carbocycles. The monoisotopic (exact) mass is 421 g/mol. The van der Waals surface area contributed by atoms with E-state index in [1.165, 1.54) is 34.4 Å². The molecule has 0 saturated heterocycles. The van der Waals surface area contributed by atoms with Crippen LogP contribution in [0.4, 0.5) is 10.1 Å². The topological polar surface area (TPSA) is 64.0 Å². The summed E-state index contributed by atoms with van der Waals surface area (Å²) >= 11 is 1.41. The molecule has 0 aliphatic heterocycles. The van der Waals surface area contributed by atoms with Crippen molar-refractivity contribution >= 4 is 33.1 Å². The van der Waals surface area contributed by atoms with E-state index in [4.69, 9.17) is 0 Å². The van der Waals surface area contributed by atoms with Crippen molar-refractivity contribution < 1.29 is 9.18 Å². The molecule has 0 aliphatic rings. The van der Waals surface area contributed by atoms with E-state index in [1.807, 2.05) is 32.0 Å². The van der Waals surface area contributed by atoms with Gasteiger partial charge >= 0.3 is 0 Å². The number of para-hydroxylation sites is 1. The Morgan fingerprint density at radius 2 is 1.87 bits per heavy atom. The number of fused-ring (bicyclic) bond motifs is 1. The molecule has 1 atom stereocenters. The molecule has 152 valence electrons. The second-order valence-corrected chi connectivity index (χ2v) is 8.16. The number of carbonyl (C=O) groups is 1. The number of carbonyl (C=O) groups excluding carboxylic acids is 1. The maximum Gasteiger partial charge on any atom is 0.263 e. The van der Waals surface area contributed by atoms with Gasteiger partial charge in [-0.2, -0.15) is 0 Å². The number of thiophene rings is 1. The fraction of sp³-hybridized carbons (Fsp3) is 0.174. The predicted molar refractivity (Wildman–Crippen MR) is 118 cm³/mol. The number of aromatic nitrogens is 2. The number of rotatable bonds is 5. The summed E-state index contributed by atoms with van der Waals surface area (Å²) in [5.74, 6) is -0.614. The molecule has 4 rings (SSSR count). The van der Waals surface area contributed by atoms with Crippen LogP contribution in [0.2, 0.25) is 0 Å². The summed E-state index contributed by atoms with van der Waals surface area (Å²) < 4.78 is 14.8. The van der Waals surface area contributed by atoms with Gasteiger partial charge in [-0.15, -0.1) is 11.3 Å². The molecule has 7 heteroatoms. The molecule has 0 fully saturated rings. The minimum atomic E-state index is -0.698. The van der Waals surface area contributed by atoms with Gasteiger partial charge in [0.25, 0.3) is 5.56 Å². The van der Waals surface area contributed by atoms with E-state index in [1.54, 1.807) is 24.3 Å². The molecule has 0 spiro atoms. The van der Waals surface area contributed by atoms with E-state index in [0.29, 0.717) is 22.3 Å². The molecule has 1 unspecified atom stereocenters. The van der Waals surface area contributed by atoms with E-state index < -0.39 is 6.04 Å². The second-order valence-electron chi connectivity index (χ2n) is 6.96. The molecule has 1 N–H and O–H groups in total. The van der Waals surface area contributed by atoms with Crippen molar-refractivity contribution in [3.05, 3.63) is 82.0 Å². The van der Waals surface area contributed by atoms with E-state index in [-0.39, 0.29) is 17.3 Å². The largest absolute Gasteiger partial charge is 0.324 e. The van der Waals surface area contributed by atoms with Crippen molar-refractivity contribution in [1.29, 1.82) is 0 Å². The summed E-state index contributed by atoms with van der Waals surface area (Å²) in [6.07, 6.45) is 1.87. The lowest BCUT2D eigenvalue weighted by Gasteiger charge is -2.17. The minimum absolute atomic E-state index is 0.276. The van der Waals surface area contributed by atoms with Gasteiger partial charge in [-0.25, -0.2) is 9.37 Å². The van der Waals surface area contributed by atoms with Crippen molar-refractivity contribution in [2.75, 3.05) is 5.32 Å². The highest BCUT2D eigenvalue weighted by Crippen LogP contribution is 2.35. The van der Waals surface area contributed by atoms with Crippen LogP contribution in [0.25, 0.3) is 21.3 Å². The third-order valence-electron chi connectivity index (χ3n) is 5.01. The van der Waals surface area contributed by atoms with E-state index >= 15 is 0 Å². The first-order valence-electron chi connectivity index (χ1n) is 9.61. The molecule has 2 aromatic carbocycles. The Labute approximate surface area is 176 Å². The Kier molecular flexibility index (Phi) is 5.46. The van der Waals surface area contributed by atoms with E-state index in [2.05, 4.69) is 10.3 Å². The summed E-state index contributed by atoms with van der Waals surface area (Å²) in [6.45, 7) is 3.76. The number of nitrogens with one attached hydrogen (secondary N) is 1. The van der Waals surface area contributed by atoms with Crippen LogP contribution in [0.3, 0.4) is 0 Å². The fourth-order valence-electron chi connectivity index (χ4n) is 3.56. The van der Waals surface area contributed by atoms with Gasteiger partial charge in [0.05, 0.1) is 11.7 Å². The van der Waals surface area contributed by atoms with Crippen LogP contribution in [0.1, 0.15) is 24.3 Å². The quantitative estimate of drug-likeness (QED) is 0.484. The molecule has 1 amide bonds. The van der Waals surface area contributed by atoms with Gasteiger partial charge in [0.15, 0.2) is 0 Å². The van der Waals surface area contributed by atoms with Gasteiger partial charge in [-0.05, 0) is 43.2 Å². The van der Waals surface area contributed by atoms with Gasteiger partial charge in [0.2, 0.25) is 5.91 Å². The number of anilines is 1. The van der Waals surface area contributed by atoms with Crippen LogP contribution < -0.4 is 10.9 Å². The zero-order valence-corrected chi connectivity index (χ0v) is 17.4. The smallest absolute Gasteiger partial charge is 0.263 e. The first-order chi connectivity index (χ1) is 14.5. The average Bonchev–Trinajstić information content (AvgIpc) is 3.08. The lowest BCUT2D eigenvalue weighted by atomic mass is 10.0. The molecule has 2 aromatic heterocycles. The summed E-state index contributed by atoms with van der Waals surface area (Å²) in [7, 11) is 0. The average molecular weight is 421 g/mol. The Hall–Kier alpha value is -3.32. The van der Waals surface area contributed by atoms with Crippen LogP contribution in [-0.4, -0.2) is 15.5 Å². The highest BCUT2D eigenvalue weighted by Gasteiger charge is 2.24. The first kappa shape index (κ1) is 20.0. The van der Waals surface area contributed by atoms with Gasteiger partial charge in [-0.1, -0.05) is 37.3 Å². The number of aryl methyl sites for hydroxylation is 1.